The number of carbonyl (C=O) groups excluding carboxylic acids is 3. The molecule has 0 fully saturated rings. The summed E-state index contributed by atoms with van der Waals surface area (Å²) < 4.78 is 27.8. The number of phosphoric acid groups is 1. The van der Waals surface area contributed by atoms with Crippen molar-refractivity contribution in [1.82, 2.24) is 30.6 Å². The molecule has 0 saturated heterocycles. The zero-order valence-corrected chi connectivity index (χ0v) is 30.5. The lowest BCUT2D eigenvalue weighted by Crippen LogP contribution is -2.41. The molecule has 20 heteroatoms. The van der Waals surface area contributed by atoms with Gasteiger partial charge in [-0.15, -0.1) is 0 Å². The molecule has 0 spiro atoms. The van der Waals surface area contributed by atoms with Crippen LogP contribution in [0.2, 0.25) is 0 Å². The fourth-order valence-corrected chi connectivity index (χ4v) is 6.10. The average molecular weight is 768 g/mol. The Morgan fingerprint density at radius 3 is 2.39 bits per heavy atom. The standard InChI is InChI=1S/C34H42N9O10P/c1-3-51-54(50,52-4-2)53-18-8-7-17-36-31(46)24-9-5-6-10-25(24)40-27(44)16-15-26(33(48)49)41-30(45)21-11-13-22(14-12-21)37-19-23-20-38-29-28(39-23)32(47)43-34(35)42-29/h5-6,9-14,20,26,37H,3-4,7-8,15-19H2,1-2H3,(H,36,46)(H,40,44)(H,41,45)(H,48,49)(H3,35,38,42,43,47)/t26-/m0/s1. The Morgan fingerprint density at radius 2 is 1.69 bits per heavy atom. The van der Waals surface area contributed by atoms with E-state index in [1.807, 2.05) is 0 Å². The van der Waals surface area contributed by atoms with Gasteiger partial charge in [0.15, 0.2) is 11.2 Å². The second-order valence-corrected chi connectivity index (χ2v) is 13.2. The smallest absolute Gasteiger partial charge is 0.474 e. The van der Waals surface area contributed by atoms with E-state index in [9.17, 15) is 33.6 Å². The third kappa shape index (κ3) is 12.2. The van der Waals surface area contributed by atoms with E-state index < -0.39 is 43.1 Å². The Balaban J connectivity index is 1.23. The van der Waals surface area contributed by atoms with E-state index in [4.69, 9.17) is 19.3 Å². The topological polar surface area (TPSA) is 279 Å². The molecule has 0 unspecified atom stereocenters. The van der Waals surface area contributed by atoms with Crippen molar-refractivity contribution < 1.29 is 42.4 Å². The van der Waals surface area contributed by atoms with Crippen molar-refractivity contribution in [3.63, 3.8) is 0 Å². The van der Waals surface area contributed by atoms with Crippen molar-refractivity contribution in [3.8, 4) is 0 Å². The van der Waals surface area contributed by atoms with Gasteiger partial charge in [0, 0.05) is 24.2 Å². The van der Waals surface area contributed by atoms with Crippen molar-refractivity contribution in [2.24, 2.45) is 0 Å². The molecule has 0 saturated carbocycles. The number of aromatic amines is 1. The molecule has 0 aliphatic rings. The van der Waals surface area contributed by atoms with Gasteiger partial charge in [-0.05, 0) is 69.5 Å². The van der Waals surface area contributed by atoms with E-state index >= 15 is 0 Å². The third-order valence-corrected chi connectivity index (χ3v) is 9.14. The third-order valence-electron chi connectivity index (χ3n) is 7.50. The zero-order chi connectivity index (χ0) is 39.1. The van der Waals surface area contributed by atoms with Crippen molar-refractivity contribution in [2.75, 3.05) is 42.7 Å². The molecule has 8 N–H and O–H groups in total. The van der Waals surface area contributed by atoms with Crippen molar-refractivity contribution in [3.05, 3.63) is 81.9 Å². The number of hydrogen-bond acceptors (Lipinski definition) is 14. The number of carbonyl (C=O) groups is 4. The van der Waals surface area contributed by atoms with E-state index in [2.05, 4.69) is 41.2 Å². The number of H-pyrrole nitrogens is 1. The van der Waals surface area contributed by atoms with Gasteiger partial charge in [0.2, 0.25) is 11.9 Å². The minimum absolute atomic E-state index is 0.0384. The summed E-state index contributed by atoms with van der Waals surface area (Å²) in [7, 11) is -3.61. The van der Waals surface area contributed by atoms with Gasteiger partial charge in [0.05, 0.1) is 49.5 Å². The summed E-state index contributed by atoms with van der Waals surface area (Å²) in [6.45, 7) is 4.27. The number of hydrogen-bond donors (Lipinski definition) is 7. The van der Waals surface area contributed by atoms with Crippen LogP contribution in [-0.4, -0.2) is 81.1 Å². The first-order valence-corrected chi connectivity index (χ1v) is 18.5. The number of rotatable bonds is 21. The number of para-hydroxylation sites is 1. The summed E-state index contributed by atoms with van der Waals surface area (Å²) in [4.78, 5) is 77.3. The Hall–Kier alpha value is -5.75. The number of phosphoric ester groups is 1. The average Bonchev–Trinajstić information content (AvgIpc) is 3.14. The van der Waals surface area contributed by atoms with Crippen LogP contribution in [0.3, 0.4) is 0 Å². The quantitative estimate of drug-likeness (QED) is 0.0474. The molecule has 0 radical (unpaired) electrons. The molecule has 4 aromatic rings. The predicted molar refractivity (Wildman–Crippen MR) is 198 cm³/mol. The second kappa shape index (κ2) is 19.9. The van der Waals surface area contributed by atoms with E-state index in [-0.39, 0.29) is 79.7 Å². The summed E-state index contributed by atoms with van der Waals surface area (Å²) in [5.41, 5.74) is 6.83. The molecule has 0 aliphatic carbocycles. The Morgan fingerprint density at radius 1 is 0.963 bits per heavy atom. The van der Waals surface area contributed by atoms with Gasteiger partial charge in [0.1, 0.15) is 6.04 Å². The number of aromatic nitrogens is 4. The molecule has 0 bridgehead atoms. The molecular weight excluding hydrogens is 725 g/mol. The number of carboxylic acids is 1. The maximum absolute atomic E-state index is 12.9. The van der Waals surface area contributed by atoms with Gasteiger partial charge in [-0.3, -0.25) is 37.7 Å². The number of carboxylic acid groups (broad SMARTS) is 1. The number of anilines is 3. The van der Waals surface area contributed by atoms with Crippen LogP contribution in [0.1, 0.15) is 65.9 Å². The predicted octanol–water partition coefficient (Wildman–Crippen LogP) is 3.22. The number of nitrogens with zero attached hydrogens (tertiary/aromatic N) is 3. The number of nitrogens with one attached hydrogen (secondary N) is 5. The molecule has 19 nitrogen and oxygen atoms in total. The summed E-state index contributed by atoms with van der Waals surface area (Å²) in [6.07, 6.45) is 1.93. The highest BCUT2D eigenvalue weighted by molar-refractivity contribution is 7.48. The summed E-state index contributed by atoms with van der Waals surface area (Å²) >= 11 is 0. The first-order valence-electron chi connectivity index (χ1n) is 17.0. The molecule has 0 aliphatic heterocycles. The maximum atomic E-state index is 12.9. The number of unbranched alkanes of at least 4 members (excludes halogenated alkanes) is 1. The van der Waals surface area contributed by atoms with Crippen LogP contribution in [0.15, 0.2) is 59.5 Å². The van der Waals surface area contributed by atoms with Crippen LogP contribution in [0.5, 0.6) is 0 Å². The van der Waals surface area contributed by atoms with Crippen molar-refractivity contribution in [1.29, 1.82) is 0 Å². The van der Waals surface area contributed by atoms with Gasteiger partial charge in [-0.25, -0.2) is 19.3 Å². The fraction of sp³-hybridized carbons (Fsp3) is 0.353. The van der Waals surface area contributed by atoms with E-state index in [1.165, 1.54) is 24.4 Å². The number of amides is 3. The minimum atomic E-state index is -3.61. The fourth-order valence-electron chi connectivity index (χ4n) is 4.89. The van der Waals surface area contributed by atoms with Gasteiger partial charge < -0.3 is 32.1 Å². The monoisotopic (exact) mass is 767 g/mol. The molecule has 288 valence electrons. The normalized spacial score (nSPS) is 11.8. The number of benzene rings is 2. The first kappa shape index (κ1) is 41.0. The maximum Gasteiger partial charge on any atom is 0.474 e. The summed E-state index contributed by atoms with van der Waals surface area (Å²) in [5.74, 6) is -3.06. The molecule has 4 rings (SSSR count). The van der Waals surface area contributed by atoms with Crippen LogP contribution in [0, 0.1) is 0 Å². The summed E-state index contributed by atoms with van der Waals surface area (Å²) in [5, 5.41) is 20.7. The lowest BCUT2D eigenvalue weighted by molar-refractivity contribution is -0.139. The minimum Gasteiger partial charge on any atom is -0.480 e. The lowest BCUT2D eigenvalue weighted by Gasteiger charge is -2.16. The number of fused-ring (bicyclic) bond motifs is 1. The van der Waals surface area contributed by atoms with Crippen LogP contribution in [-0.2, 0) is 34.3 Å². The van der Waals surface area contributed by atoms with Gasteiger partial charge in [-0.2, -0.15) is 4.98 Å². The highest BCUT2D eigenvalue weighted by Gasteiger charge is 2.25. The van der Waals surface area contributed by atoms with Gasteiger partial charge in [-0.1, -0.05) is 12.1 Å². The highest BCUT2D eigenvalue weighted by Crippen LogP contribution is 2.49. The molecule has 3 amide bonds. The van der Waals surface area contributed by atoms with Crippen molar-refractivity contribution >= 4 is 60.0 Å². The van der Waals surface area contributed by atoms with Crippen LogP contribution >= 0.6 is 7.82 Å². The lowest BCUT2D eigenvalue weighted by atomic mass is 10.1. The highest BCUT2D eigenvalue weighted by atomic mass is 31.2. The summed E-state index contributed by atoms with van der Waals surface area (Å²) in [6, 6.07) is 11.2. The largest absolute Gasteiger partial charge is 0.480 e. The van der Waals surface area contributed by atoms with Crippen molar-refractivity contribution in [2.45, 2.75) is 52.1 Å². The van der Waals surface area contributed by atoms with Crippen LogP contribution in [0.25, 0.3) is 11.2 Å². The number of nitrogens with two attached hydrogens (primary N) is 1. The molecule has 2 heterocycles. The van der Waals surface area contributed by atoms with E-state index in [0.29, 0.717) is 24.2 Å². The van der Waals surface area contributed by atoms with Gasteiger partial charge >= 0.3 is 13.8 Å². The molecular formula is C34H42N9O10P. The molecule has 1 atom stereocenters. The SMILES string of the molecule is CCOP(=O)(OCC)OCCCCNC(=O)c1ccccc1NC(=O)CC[C@H](NC(=O)c1ccc(NCc2cnc3nc(N)[nH]c(=O)c3n2)cc1)C(=O)O. The van der Waals surface area contributed by atoms with Crippen LogP contribution < -0.4 is 32.6 Å². The number of aliphatic carboxylic acids is 1. The second-order valence-electron chi connectivity index (χ2n) is 11.5. The number of nitrogen functional groups attached to an aromatic ring is 1. The Kier molecular flexibility index (Phi) is 15.1. The van der Waals surface area contributed by atoms with E-state index in [1.54, 1.807) is 44.2 Å². The van der Waals surface area contributed by atoms with E-state index in [0.717, 1.165) is 0 Å². The van der Waals surface area contributed by atoms with Gasteiger partial charge in [0.25, 0.3) is 17.4 Å². The molecule has 2 aromatic heterocycles. The van der Waals surface area contributed by atoms with Crippen LogP contribution in [0.4, 0.5) is 17.3 Å². The first-order chi connectivity index (χ1) is 25.9. The Labute approximate surface area is 309 Å². The molecule has 2 aromatic carbocycles. The Bertz CT molecular complexity index is 2030. The zero-order valence-electron chi connectivity index (χ0n) is 29.6. The molecule has 54 heavy (non-hydrogen) atoms.